The molecule has 0 aliphatic carbocycles. The van der Waals surface area contributed by atoms with Crippen molar-refractivity contribution in [3.8, 4) is 34.2 Å². The zero-order valence-corrected chi connectivity index (χ0v) is 49.2. The van der Waals surface area contributed by atoms with Gasteiger partial charge in [-0.25, -0.2) is 40.6 Å². The van der Waals surface area contributed by atoms with E-state index in [2.05, 4.69) is 35.6 Å². The summed E-state index contributed by atoms with van der Waals surface area (Å²) >= 11 is 0. The number of amides is 6. The summed E-state index contributed by atoms with van der Waals surface area (Å²) in [6.07, 6.45) is 1.38. The number of nitriles is 1. The van der Waals surface area contributed by atoms with Gasteiger partial charge >= 0.3 is 12.1 Å². The first-order chi connectivity index (χ1) is 42.5. The highest BCUT2D eigenvalue weighted by atomic mass is 33.1. The van der Waals surface area contributed by atoms with E-state index in [1.807, 2.05) is 6.07 Å². The Morgan fingerprint density at radius 2 is 1.69 bits per heavy atom. The van der Waals surface area contributed by atoms with Crippen LogP contribution in [0.15, 0.2) is 102 Å². The van der Waals surface area contributed by atoms with Gasteiger partial charge in [0.15, 0.2) is 0 Å². The second-order valence-electron chi connectivity index (χ2n) is 20.5. The molecule has 0 spiro atoms. The number of nitrogens with one attached hydrogen (secondary N) is 4. The summed E-state index contributed by atoms with van der Waals surface area (Å²) in [5.41, 5.74) is 4.41. The fourth-order valence-electron chi connectivity index (χ4n) is 10.0. The van der Waals surface area contributed by atoms with Crippen LogP contribution in [0.5, 0.6) is 5.88 Å². The van der Waals surface area contributed by atoms with Crippen molar-refractivity contribution in [1.29, 1.82) is 5.26 Å². The molecule has 464 valence electrons. The van der Waals surface area contributed by atoms with Gasteiger partial charge in [-0.05, 0) is 77.2 Å². The predicted octanol–water partition coefficient (Wildman–Crippen LogP) is 6.28. The van der Waals surface area contributed by atoms with Gasteiger partial charge in [-0.3, -0.25) is 48.8 Å². The zero-order chi connectivity index (χ0) is 63.7. The van der Waals surface area contributed by atoms with Crippen LogP contribution in [0.3, 0.4) is 0 Å². The number of aliphatic carboxylic acids is 1. The molecule has 2 saturated heterocycles. The van der Waals surface area contributed by atoms with Crippen LogP contribution in [0.4, 0.5) is 28.0 Å². The lowest BCUT2D eigenvalue weighted by molar-refractivity contribution is -0.141. The largest absolute Gasteiger partial charge is 0.508 e. The molecule has 6 amide bonds. The van der Waals surface area contributed by atoms with Crippen LogP contribution in [-0.4, -0.2) is 142 Å². The van der Waals surface area contributed by atoms with Crippen LogP contribution in [0, 0.1) is 28.9 Å². The summed E-state index contributed by atoms with van der Waals surface area (Å²) < 4.78 is 100. The number of carboxylic acids is 1. The number of aromatic nitrogens is 3. The van der Waals surface area contributed by atoms with Crippen LogP contribution in [-0.2, 0) is 68.0 Å². The standard InChI is InChI=1S/C58H52F4N10O14S3/c1-84-54-45(70-89(82,83)48-10-7-36(59)21-43(48)60)19-35(25-66-54)31-6-9-44-41(17-31)39(13-14-64-44)32-5-8-37(65-24-32)28-86-57(81)85-15-16-87-88-29-47(56(79)80)67-49(73)11-12-50(74)69-53(77)40-4-2-3-33-26-71(27-42(33)40)51(75)20-34-18-46(68-52(34)76)55(78)72-30-58(61,62)22-38(72)23-63/h2-10,13-14,17,19,21,24-25,34,38,46-47,70H,11-12,15-16,18,20,22,26-30H2,1H3,(H,67,73)(H,68,76)(H,79,80)(H,69,74,77)/t34?,38-,46-,47?/m0/s1. The minimum atomic E-state index is -4.54. The average molecular weight is 1290 g/mol. The maximum Gasteiger partial charge on any atom is 0.508 e. The lowest BCUT2D eigenvalue weighted by Gasteiger charge is -2.22. The Bertz CT molecular complexity index is 3960. The predicted molar refractivity (Wildman–Crippen MR) is 310 cm³/mol. The van der Waals surface area contributed by atoms with Crippen molar-refractivity contribution < 1.29 is 83.7 Å². The Labute approximate surface area is 511 Å². The topological polar surface area (TPSA) is 336 Å². The van der Waals surface area contributed by atoms with Gasteiger partial charge in [-0.1, -0.05) is 45.9 Å². The molecule has 3 aromatic heterocycles. The Balaban J connectivity index is 0.671. The van der Waals surface area contributed by atoms with Gasteiger partial charge in [0.05, 0.1) is 30.9 Å². The maximum absolute atomic E-state index is 14.5. The summed E-state index contributed by atoms with van der Waals surface area (Å²) in [6.45, 7) is -1.33. The number of imide groups is 1. The molecule has 0 saturated carbocycles. The van der Waals surface area contributed by atoms with Crippen molar-refractivity contribution in [2.24, 2.45) is 5.92 Å². The SMILES string of the molecule is COc1ncc(-c2ccc3nccc(-c4ccc(COC(=O)OCCSSCC(NC(=O)CCC(=O)NC(=O)c5cccc6c5CN(C(=O)CC5C[C@@H](C(=O)N7CC(F)(F)C[C@H]7C#N)NC5=O)C6)C(=O)O)nc4)c3c2)cc1NS(=O)(=O)c1ccc(F)cc1F. The number of hydrogen-bond donors (Lipinski definition) is 5. The summed E-state index contributed by atoms with van der Waals surface area (Å²) in [4.78, 5) is 117. The maximum atomic E-state index is 14.5. The molecule has 9 rings (SSSR count). The number of benzene rings is 3. The normalized spacial score (nSPS) is 17.0. The third-order valence-corrected chi connectivity index (χ3v) is 18.2. The van der Waals surface area contributed by atoms with E-state index in [1.165, 1.54) is 30.3 Å². The first kappa shape index (κ1) is 64.1. The van der Waals surface area contributed by atoms with Gasteiger partial charge in [0.2, 0.25) is 35.4 Å². The Kier molecular flexibility index (Phi) is 20.0. The highest BCUT2D eigenvalue weighted by molar-refractivity contribution is 8.76. The number of sulfonamides is 1. The third-order valence-electron chi connectivity index (χ3n) is 14.4. The van der Waals surface area contributed by atoms with E-state index in [0.29, 0.717) is 50.5 Å². The zero-order valence-electron chi connectivity index (χ0n) is 46.7. The van der Waals surface area contributed by atoms with Crippen LogP contribution in [0.2, 0.25) is 0 Å². The van der Waals surface area contributed by atoms with Crippen molar-refractivity contribution in [3.63, 3.8) is 0 Å². The minimum absolute atomic E-state index is 0.0570. The molecule has 3 aromatic carbocycles. The number of rotatable bonds is 23. The van der Waals surface area contributed by atoms with E-state index in [9.17, 15) is 74.7 Å². The highest BCUT2D eigenvalue weighted by Gasteiger charge is 2.50. The third kappa shape index (κ3) is 15.7. The first-order valence-electron chi connectivity index (χ1n) is 27.0. The number of hydrogen-bond acceptors (Lipinski definition) is 19. The number of pyridine rings is 3. The number of nitrogens with zero attached hydrogens (tertiary/aromatic N) is 6. The van der Waals surface area contributed by atoms with E-state index >= 15 is 0 Å². The molecule has 24 nitrogen and oxygen atoms in total. The highest BCUT2D eigenvalue weighted by Crippen LogP contribution is 2.37. The molecule has 2 unspecified atom stereocenters. The summed E-state index contributed by atoms with van der Waals surface area (Å²) in [6, 6.07) is 16.4. The van der Waals surface area contributed by atoms with Gasteiger partial charge in [-0.2, -0.15) is 5.26 Å². The number of anilines is 1. The molecule has 3 aliphatic rings. The number of carbonyl (C=O) groups is 8. The Hall–Kier alpha value is -9.41. The Morgan fingerprint density at radius 1 is 0.910 bits per heavy atom. The lowest BCUT2D eigenvalue weighted by Crippen LogP contribution is -2.46. The van der Waals surface area contributed by atoms with Gasteiger partial charge in [-0.15, -0.1) is 0 Å². The minimum Gasteiger partial charge on any atom is -0.480 e. The molecule has 3 aliphatic heterocycles. The van der Waals surface area contributed by atoms with E-state index in [4.69, 9.17) is 14.2 Å². The summed E-state index contributed by atoms with van der Waals surface area (Å²) in [7, 11) is -1.05. The number of carbonyl (C=O) groups excluding carboxylic acids is 7. The van der Waals surface area contributed by atoms with E-state index in [0.717, 1.165) is 44.2 Å². The van der Waals surface area contributed by atoms with Crippen molar-refractivity contribution in [1.82, 2.24) is 40.7 Å². The second-order valence-corrected chi connectivity index (χ2v) is 24.8. The number of ether oxygens (including phenoxy) is 3. The smallest absolute Gasteiger partial charge is 0.480 e. The fourth-order valence-corrected chi connectivity index (χ4v) is 13.1. The molecule has 5 N–H and O–H groups in total. The van der Waals surface area contributed by atoms with Gasteiger partial charge in [0, 0.05) is 103 Å². The molecule has 6 aromatic rings. The molecular weight excluding hydrogens is 1230 g/mol. The van der Waals surface area contributed by atoms with Crippen LogP contribution < -0.4 is 25.4 Å². The van der Waals surface area contributed by atoms with Crippen molar-refractivity contribution >= 4 is 95.8 Å². The monoisotopic (exact) mass is 1280 g/mol. The molecule has 2 fully saturated rings. The number of fused-ring (bicyclic) bond motifs is 2. The van der Waals surface area contributed by atoms with Gasteiger partial charge < -0.3 is 39.8 Å². The van der Waals surface area contributed by atoms with Crippen molar-refractivity contribution in [2.75, 3.05) is 36.5 Å². The van der Waals surface area contributed by atoms with E-state index < -0.39 is 130 Å². The molecular formula is C58H52F4N10O14S3. The van der Waals surface area contributed by atoms with E-state index in [1.54, 1.807) is 60.9 Å². The van der Waals surface area contributed by atoms with Crippen LogP contribution >= 0.6 is 21.6 Å². The van der Waals surface area contributed by atoms with Crippen LogP contribution in [0.25, 0.3) is 33.2 Å². The average Bonchev–Trinajstić information content (AvgIpc) is 1.97. The molecule has 31 heteroatoms. The second kappa shape index (κ2) is 27.7. The molecule has 4 atom stereocenters. The molecule has 89 heavy (non-hydrogen) atoms. The van der Waals surface area contributed by atoms with Crippen molar-refractivity contribution in [2.45, 2.75) is 80.7 Å². The number of carboxylic acid groups (broad SMARTS) is 1. The van der Waals surface area contributed by atoms with E-state index in [-0.39, 0.29) is 67.8 Å². The lowest BCUT2D eigenvalue weighted by atomic mass is 9.98. The quantitative estimate of drug-likeness (QED) is 0.0204. The summed E-state index contributed by atoms with van der Waals surface area (Å²) in [5.74, 6) is -12.2. The summed E-state index contributed by atoms with van der Waals surface area (Å²) in [5, 5.41) is 26.7. The van der Waals surface area contributed by atoms with Crippen LogP contribution in [0.1, 0.15) is 59.3 Å². The Morgan fingerprint density at radius 3 is 2.43 bits per heavy atom. The molecule has 6 heterocycles. The molecule has 0 bridgehead atoms. The molecule has 0 radical (unpaired) electrons. The number of likely N-dealkylation sites (tertiary alicyclic amines) is 1. The number of halogens is 4. The van der Waals surface area contributed by atoms with Gasteiger partial charge in [0.25, 0.3) is 21.9 Å². The fraction of sp³-hybridized carbons (Fsp3) is 0.310. The number of methoxy groups -OCH3 is 1. The first-order valence-corrected chi connectivity index (χ1v) is 31.0. The number of alkyl halides is 2. The van der Waals surface area contributed by atoms with Gasteiger partial charge in [0.1, 0.15) is 53.6 Å². The van der Waals surface area contributed by atoms with Crippen molar-refractivity contribution in [3.05, 3.63) is 131 Å².